The minimum absolute atomic E-state index is 0.230. The first-order chi connectivity index (χ1) is 13.5. The zero-order valence-corrected chi connectivity index (χ0v) is 17.0. The third kappa shape index (κ3) is 5.66. The summed E-state index contributed by atoms with van der Waals surface area (Å²) in [6, 6.07) is 9.74. The highest BCUT2D eigenvalue weighted by atomic mass is 16.1. The predicted molar refractivity (Wildman–Crippen MR) is 114 cm³/mol. The van der Waals surface area contributed by atoms with Gasteiger partial charge in [-0.05, 0) is 70.6 Å². The molecule has 0 saturated carbocycles. The number of nitrogens with one attached hydrogen (secondary N) is 2. The number of hydrogen-bond donors (Lipinski definition) is 2. The molecule has 3 rings (SSSR count). The summed E-state index contributed by atoms with van der Waals surface area (Å²) in [7, 11) is 4.02. The van der Waals surface area contributed by atoms with Crippen molar-refractivity contribution in [1.82, 2.24) is 14.9 Å². The average molecular weight is 383 g/mol. The number of benzene rings is 1. The van der Waals surface area contributed by atoms with Crippen molar-refractivity contribution in [2.24, 2.45) is 0 Å². The number of aromatic nitrogens is 2. The molecule has 1 saturated heterocycles. The summed E-state index contributed by atoms with van der Waals surface area (Å²) in [6.45, 7) is 5.66. The van der Waals surface area contributed by atoms with Crippen LogP contribution in [-0.4, -0.2) is 61.0 Å². The molecule has 2 heterocycles. The fourth-order valence-electron chi connectivity index (χ4n) is 3.26. The van der Waals surface area contributed by atoms with Gasteiger partial charge in [-0.25, -0.2) is 9.97 Å². The van der Waals surface area contributed by atoms with E-state index in [9.17, 15) is 4.79 Å². The van der Waals surface area contributed by atoms with Crippen LogP contribution in [0.15, 0.2) is 30.3 Å². The van der Waals surface area contributed by atoms with Crippen LogP contribution >= 0.6 is 0 Å². The lowest BCUT2D eigenvalue weighted by molar-refractivity contribution is 0.102. The first-order valence-electron chi connectivity index (χ1n) is 9.92. The van der Waals surface area contributed by atoms with Gasteiger partial charge in [0.1, 0.15) is 5.69 Å². The number of rotatable bonds is 7. The highest BCUT2D eigenvalue weighted by molar-refractivity contribution is 6.03. The van der Waals surface area contributed by atoms with Gasteiger partial charge >= 0.3 is 0 Å². The van der Waals surface area contributed by atoms with Crippen molar-refractivity contribution < 1.29 is 4.79 Å². The standard InChI is InChI=1S/C21H30N6O/c1-16-15-19(25-21(23-16)22-11-14-26(2)3)20(28)24-17-7-9-18(10-8-17)27-12-5-4-6-13-27/h7-10,15H,4-6,11-14H2,1-3H3,(H,24,28)(H,22,23,25). The van der Waals surface area contributed by atoms with Crippen LogP contribution in [0.4, 0.5) is 17.3 Å². The molecule has 0 radical (unpaired) electrons. The van der Waals surface area contributed by atoms with Crippen molar-refractivity contribution in [2.45, 2.75) is 26.2 Å². The van der Waals surface area contributed by atoms with Gasteiger partial charge in [-0.3, -0.25) is 4.79 Å². The van der Waals surface area contributed by atoms with E-state index in [-0.39, 0.29) is 5.91 Å². The average Bonchev–Trinajstić information content (AvgIpc) is 2.68. The third-order valence-corrected chi connectivity index (χ3v) is 4.78. The van der Waals surface area contributed by atoms with Gasteiger partial charge < -0.3 is 20.4 Å². The maximum atomic E-state index is 12.6. The van der Waals surface area contributed by atoms with E-state index in [0.29, 0.717) is 11.6 Å². The summed E-state index contributed by atoms with van der Waals surface area (Å²) >= 11 is 0. The molecule has 7 heteroatoms. The maximum absolute atomic E-state index is 12.6. The number of aryl methyl sites for hydroxylation is 1. The topological polar surface area (TPSA) is 73.4 Å². The summed E-state index contributed by atoms with van der Waals surface area (Å²) in [5.41, 5.74) is 3.10. The number of anilines is 3. The maximum Gasteiger partial charge on any atom is 0.274 e. The highest BCUT2D eigenvalue weighted by Crippen LogP contribution is 2.22. The molecule has 1 aliphatic rings. The Labute approximate surface area is 167 Å². The van der Waals surface area contributed by atoms with E-state index in [1.165, 1.54) is 24.9 Å². The number of likely N-dealkylation sites (N-methyl/N-ethyl adjacent to an activating group) is 1. The van der Waals surface area contributed by atoms with Crippen LogP contribution in [0.5, 0.6) is 0 Å². The van der Waals surface area contributed by atoms with Crippen LogP contribution in [0.25, 0.3) is 0 Å². The molecule has 7 nitrogen and oxygen atoms in total. The molecule has 1 aromatic carbocycles. The molecule has 1 aromatic heterocycles. The Kier molecular flexibility index (Phi) is 6.81. The van der Waals surface area contributed by atoms with E-state index in [1.807, 2.05) is 33.2 Å². The zero-order valence-electron chi connectivity index (χ0n) is 17.0. The summed E-state index contributed by atoms with van der Waals surface area (Å²) in [6.07, 6.45) is 3.81. The van der Waals surface area contributed by atoms with E-state index in [4.69, 9.17) is 0 Å². The lowest BCUT2D eigenvalue weighted by Crippen LogP contribution is -2.29. The molecule has 150 valence electrons. The molecule has 1 aliphatic heterocycles. The van der Waals surface area contributed by atoms with Crippen LogP contribution in [0, 0.1) is 6.92 Å². The van der Waals surface area contributed by atoms with Gasteiger partial charge in [-0.1, -0.05) is 0 Å². The number of hydrogen-bond acceptors (Lipinski definition) is 6. The molecule has 1 amide bonds. The molecular weight excluding hydrogens is 352 g/mol. The first kappa shape index (κ1) is 20.1. The molecule has 1 fully saturated rings. The van der Waals surface area contributed by atoms with E-state index < -0.39 is 0 Å². The monoisotopic (exact) mass is 382 g/mol. The van der Waals surface area contributed by atoms with Crippen molar-refractivity contribution in [3.8, 4) is 0 Å². The number of carbonyl (C=O) groups is 1. The largest absolute Gasteiger partial charge is 0.372 e. The van der Waals surface area contributed by atoms with Gasteiger partial charge in [-0.15, -0.1) is 0 Å². The molecule has 0 atom stereocenters. The quantitative estimate of drug-likeness (QED) is 0.767. The van der Waals surface area contributed by atoms with Crippen molar-refractivity contribution in [3.05, 3.63) is 41.7 Å². The Morgan fingerprint density at radius 3 is 2.50 bits per heavy atom. The summed E-state index contributed by atoms with van der Waals surface area (Å²) < 4.78 is 0. The summed E-state index contributed by atoms with van der Waals surface area (Å²) in [5.74, 6) is 0.249. The van der Waals surface area contributed by atoms with Gasteiger partial charge in [0, 0.05) is 43.2 Å². The van der Waals surface area contributed by atoms with Crippen molar-refractivity contribution in [2.75, 3.05) is 55.8 Å². The fourth-order valence-corrected chi connectivity index (χ4v) is 3.26. The molecule has 0 aliphatic carbocycles. The van der Waals surface area contributed by atoms with E-state index in [0.717, 1.165) is 37.6 Å². The fraction of sp³-hybridized carbons (Fsp3) is 0.476. The van der Waals surface area contributed by atoms with E-state index in [2.05, 4.69) is 42.5 Å². The normalized spacial score (nSPS) is 14.2. The predicted octanol–water partition coefficient (Wildman–Crippen LogP) is 3.00. The second-order valence-corrected chi connectivity index (χ2v) is 7.50. The third-order valence-electron chi connectivity index (χ3n) is 4.78. The highest BCUT2D eigenvalue weighted by Gasteiger charge is 2.13. The number of amides is 1. The van der Waals surface area contributed by atoms with E-state index in [1.54, 1.807) is 6.07 Å². The SMILES string of the molecule is Cc1cc(C(=O)Nc2ccc(N3CCCCC3)cc2)nc(NCCN(C)C)n1. The Morgan fingerprint density at radius 2 is 1.82 bits per heavy atom. The second-order valence-electron chi connectivity index (χ2n) is 7.50. The van der Waals surface area contributed by atoms with Crippen molar-refractivity contribution >= 4 is 23.2 Å². The van der Waals surface area contributed by atoms with Gasteiger partial charge in [0.15, 0.2) is 0 Å². The number of piperidine rings is 1. The Hall–Kier alpha value is -2.67. The number of nitrogens with zero attached hydrogens (tertiary/aromatic N) is 4. The van der Waals surface area contributed by atoms with E-state index >= 15 is 0 Å². The minimum Gasteiger partial charge on any atom is -0.372 e. The van der Waals surface area contributed by atoms with Crippen LogP contribution in [0.3, 0.4) is 0 Å². The molecule has 2 aromatic rings. The lowest BCUT2D eigenvalue weighted by Gasteiger charge is -2.28. The van der Waals surface area contributed by atoms with Crippen LogP contribution in [0.1, 0.15) is 35.4 Å². The second kappa shape index (κ2) is 9.50. The first-order valence-corrected chi connectivity index (χ1v) is 9.92. The molecular formula is C21H30N6O. The summed E-state index contributed by atoms with van der Waals surface area (Å²) in [5, 5.41) is 6.10. The van der Waals surface area contributed by atoms with Gasteiger partial charge in [0.05, 0.1) is 0 Å². The lowest BCUT2D eigenvalue weighted by atomic mass is 10.1. The number of carbonyl (C=O) groups excluding carboxylic acids is 1. The Morgan fingerprint density at radius 1 is 1.11 bits per heavy atom. The van der Waals surface area contributed by atoms with Crippen molar-refractivity contribution in [1.29, 1.82) is 0 Å². The molecule has 0 bridgehead atoms. The summed E-state index contributed by atoms with van der Waals surface area (Å²) in [4.78, 5) is 25.8. The van der Waals surface area contributed by atoms with Crippen LogP contribution in [0.2, 0.25) is 0 Å². The van der Waals surface area contributed by atoms with Crippen LogP contribution < -0.4 is 15.5 Å². The zero-order chi connectivity index (χ0) is 19.9. The van der Waals surface area contributed by atoms with Crippen LogP contribution in [-0.2, 0) is 0 Å². The van der Waals surface area contributed by atoms with Gasteiger partial charge in [0.2, 0.25) is 5.95 Å². The van der Waals surface area contributed by atoms with Gasteiger partial charge in [0.25, 0.3) is 5.91 Å². The molecule has 0 spiro atoms. The Bertz CT molecular complexity index is 784. The van der Waals surface area contributed by atoms with Crippen molar-refractivity contribution in [3.63, 3.8) is 0 Å². The molecule has 0 unspecified atom stereocenters. The van der Waals surface area contributed by atoms with Gasteiger partial charge in [-0.2, -0.15) is 0 Å². The smallest absolute Gasteiger partial charge is 0.274 e. The molecule has 28 heavy (non-hydrogen) atoms. The molecule has 2 N–H and O–H groups in total. The minimum atomic E-state index is -0.230. The Balaban J connectivity index is 1.62.